The molecule has 1 rings (SSSR count). The molecule has 0 radical (unpaired) electrons. The van der Waals surface area contributed by atoms with Gasteiger partial charge in [-0.25, -0.2) is 0 Å². The van der Waals surface area contributed by atoms with Crippen LogP contribution >= 0.6 is 11.3 Å². The van der Waals surface area contributed by atoms with Gasteiger partial charge >= 0.3 is 0 Å². The van der Waals surface area contributed by atoms with Gasteiger partial charge in [-0.2, -0.15) is 0 Å². The van der Waals surface area contributed by atoms with Crippen molar-refractivity contribution >= 4 is 17.2 Å². The maximum Gasteiger partial charge on any atom is 0.217 e. The summed E-state index contributed by atoms with van der Waals surface area (Å²) in [5.74, 6) is -0.294. The number of nitrogens with zero attached hydrogens (tertiary/aromatic N) is 2. The van der Waals surface area contributed by atoms with Gasteiger partial charge in [0.1, 0.15) is 10.0 Å². The Morgan fingerprint density at radius 2 is 2.36 bits per heavy atom. The van der Waals surface area contributed by atoms with Crippen molar-refractivity contribution in [2.24, 2.45) is 5.73 Å². The van der Waals surface area contributed by atoms with Crippen molar-refractivity contribution in [1.29, 1.82) is 0 Å². The van der Waals surface area contributed by atoms with Gasteiger partial charge in [-0.15, -0.1) is 21.5 Å². The molecular formula is C6H9N3OS. The number of amides is 1. The molecule has 0 fully saturated rings. The molecule has 1 aromatic heterocycles. The van der Waals surface area contributed by atoms with Crippen molar-refractivity contribution in [3.63, 3.8) is 0 Å². The molecule has 1 amide bonds. The van der Waals surface area contributed by atoms with E-state index in [0.717, 1.165) is 10.0 Å². The van der Waals surface area contributed by atoms with Crippen LogP contribution in [0.25, 0.3) is 0 Å². The third kappa shape index (κ3) is 2.63. The van der Waals surface area contributed by atoms with Crippen LogP contribution in [0.4, 0.5) is 0 Å². The van der Waals surface area contributed by atoms with Crippen LogP contribution in [0.15, 0.2) is 0 Å². The minimum Gasteiger partial charge on any atom is -0.370 e. The van der Waals surface area contributed by atoms with Crippen molar-refractivity contribution in [1.82, 2.24) is 10.2 Å². The number of carbonyl (C=O) groups excluding carboxylic acids is 1. The number of aryl methyl sites for hydroxylation is 2. The summed E-state index contributed by atoms with van der Waals surface area (Å²) in [6.45, 7) is 1.88. The number of primary amides is 1. The Kier molecular flexibility index (Phi) is 2.53. The summed E-state index contributed by atoms with van der Waals surface area (Å²) in [6, 6.07) is 0. The number of nitrogens with two attached hydrogens (primary N) is 1. The van der Waals surface area contributed by atoms with Crippen molar-refractivity contribution in [2.75, 3.05) is 0 Å². The number of rotatable bonds is 3. The van der Waals surface area contributed by atoms with E-state index in [0.29, 0.717) is 12.8 Å². The minimum absolute atomic E-state index is 0.294. The lowest BCUT2D eigenvalue weighted by molar-refractivity contribution is -0.117. The molecule has 0 aliphatic rings. The fourth-order valence-corrected chi connectivity index (χ4v) is 1.38. The van der Waals surface area contributed by atoms with Gasteiger partial charge in [0.15, 0.2) is 0 Å². The molecule has 0 aliphatic heterocycles. The zero-order chi connectivity index (χ0) is 8.27. The molecule has 0 spiro atoms. The number of aromatic nitrogens is 2. The normalized spacial score (nSPS) is 9.91. The summed E-state index contributed by atoms with van der Waals surface area (Å²) in [5, 5.41) is 9.46. The van der Waals surface area contributed by atoms with Gasteiger partial charge in [0.2, 0.25) is 5.91 Å². The van der Waals surface area contributed by atoms with Crippen LogP contribution in [-0.4, -0.2) is 16.1 Å². The molecule has 1 heterocycles. The molecule has 0 bridgehead atoms. The third-order valence-electron chi connectivity index (χ3n) is 1.15. The molecule has 60 valence electrons. The highest BCUT2D eigenvalue weighted by molar-refractivity contribution is 7.11. The van der Waals surface area contributed by atoms with Crippen LogP contribution in [0.1, 0.15) is 16.4 Å². The highest BCUT2D eigenvalue weighted by Gasteiger charge is 2.01. The minimum atomic E-state index is -0.294. The van der Waals surface area contributed by atoms with Crippen LogP contribution in [0.5, 0.6) is 0 Å². The van der Waals surface area contributed by atoms with E-state index < -0.39 is 0 Å². The van der Waals surface area contributed by atoms with E-state index in [1.54, 1.807) is 0 Å². The van der Waals surface area contributed by atoms with E-state index in [4.69, 9.17) is 5.73 Å². The van der Waals surface area contributed by atoms with E-state index >= 15 is 0 Å². The third-order valence-corrected chi connectivity index (χ3v) is 2.05. The Morgan fingerprint density at radius 3 is 2.82 bits per heavy atom. The number of hydrogen-bond donors (Lipinski definition) is 1. The molecule has 0 saturated carbocycles. The maximum atomic E-state index is 10.4. The first-order valence-electron chi connectivity index (χ1n) is 3.26. The van der Waals surface area contributed by atoms with Gasteiger partial charge in [-0.3, -0.25) is 4.79 Å². The lowest BCUT2D eigenvalue weighted by atomic mass is 10.3. The van der Waals surface area contributed by atoms with Crippen LogP contribution in [-0.2, 0) is 11.2 Å². The fraction of sp³-hybridized carbons (Fsp3) is 0.500. The smallest absolute Gasteiger partial charge is 0.217 e. The lowest BCUT2D eigenvalue weighted by Crippen LogP contribution is -2.10. The molecule has 0 aliphatic carbocycles. The molecule has 5 heteroatoms. The Morgan fingerprint density at radius 1 is 1.64 bits per heavy atom. The number of hydrogen-bond acceptors (Lipinski definition) is 4. The first kappa shape index (κ1) is 8.13. The van der Waals surface area contributed by atoms with Crippen LogP contribution in [0, 0.1) is 6.92 Å². The second-order valence-corrected chi connectivity index (χ2v) is 3.45. The lowest BCUT2D eigenvalue weighted by Gasteiger charge is -1.88. The Hall–Kier alpha value is -0.970. The summed E-state index contributed by atoms with van der Waals surface area (Å²) < 4.78 is 0. The predicted octanol–water partition coefficient (Wildman–Crippen LogP) is 0.264. The predicted molar refractivity (Wildman–Crippen MR) is 42.2 cm³/mol. The van der Waals surface area contributed by atoms with Crippen molar-refractivity contribution in [3.8, 4) is 0 Å². The zero-order valence-corrected chi connectivity index (χ0v) is 7.02. The molecule has 0 saturated heterocycles. The van der Waals surface area contributed by atoms with E-state index in [1.807, 2.05) is 6.92 Å². The van der Waals surface area contributed by atoms with E-state index in [2.05, 4.69) is 10.2 Å². The Balaban J connectivity index is 2.45. The van der Waals surface area contributed by atoms with Gasteiger partial charge < -0.3 is 5.73 Å². The molecule has 4 nitrogen and oxygen atoms in total. The summed E-state index contributed by atoms with van der Waals surface area (Å²) in [6.07, 6.45) is 0.968. The highest BCUT2D eigenvalue weighted by atomic mass is 32.1. The van der Waals surface area contributed by atoms with Crippen molar-refractivity contribution in [3.05, 3.63) is 10.0 Å². The highest BCUT2D eigenvalue weighted by Crippen LogP contribution is 2.09. The molecule has 0 atom stereocenters. The molecular weight excluding hydrogens is 162 g/mol. The number of carbonyl (C=O) groups is 1. The van der Waals surface area contributed by atoms with Gasteiger partial charge in [0.25, 0.3) is 0 Å². The maximum absolute atomic E-state index is 10.4. The second-order valence-electron chi connectivity index (χ2n) is 2.18. The first-order valence-corrected chi connectivity index (χ1v) is 4.07. The summed E-state index contributed by atoms with van der Waals surface area (Å²) in [4.78, 5) is 10.4. The van der Waals surface area contributed by atoms with Gasteiger partial charge in [-0.1, -0.05) is 0 Å². The molecule has 1 aromatic rings. The molecule has 0 aromatic carbocycles. The second kappa shape index (κ2) is 3.43. The Bertz CT molecular complexity index is 258. The SMILES string of the molecule is Cc1nnc(CCC(N)=O)s1. The largest absolute Gasteiger partial charge is 0.370 e. The van der Waals surface area contributed by atoms with Crippen LogP contribution in [0.2, 0.25) is 0 Å². The van der Waals surface area contributed by atoms with Crippen molar-refractivity contribution in [2.45, 2.75) is 19.8 Å². The van der Waals surface area contributed by atoms with Crippen LogP contribution in [0.3, 0.4) is 0 Å². The average molecular weight is 171 g/mol. The topological polar surface area (TPSA) is 68.9 Å². The summed E-state index contributed by atoms with van der Waals surface area (Å²) >= 11 is 1.50. The summed E-state index contributed by atoms with van der Waals surface area (Å²) in [7, 11) is 0. The van der Waals surface area contributed by atoms with Gasteiger partial charge in [0, 0.05) is 12.8 Å². The summed E-state index contributed by atoms with van der Waals surface area (Å²) in [5.41, 5.74) is 4.96. The molecule has 11 heavy (non-hydrogen) atoms. The molecule has 0 unspecified atom stereocenters. The quantitative estimate of drug-likeness (QED) is 0.709. The monoisotopic (exact) mass is 171 g/mol. The zero-order valence-electron chi connectivity index (χ0n) is 6.20. The fourth-order valence-electron chi connectivity index (χ4n) is 0.669. The first-order chi connectivity index (χ1) is 5.18. The van der Waals surface area contributed by atoms with E-state index in [9.17, 15) is 4.79 Å². The van der Waals surface area contributed by atoms with Crippen molar-refractivity contribution < 1.29 is 4.79 Å². The Labute approximate surface area is 68.4 Å². The van der Waals surface area contributed by atoms with Gasteiger partial charge in [0.05, 0.1) is 0 Å². The van der Waals surface area contributed by atoms with Gasteiger partial charge in [-0.05, 0) is 6.92 Å². The van der Waals surface area contributed by atoms with E-state index in [-0.39, 0.29) is 5.91 Å². The molecule has 2 N–H and O–H groups in total. The standard InChI is InChI=1S/C6H9N3OS/c1-4-8-9-6(11-4)3-2-5(7)10/h2-3H2,1H3,(H2,7,10). The van der Waals surface area contributed by atoms with Crippen LogP contribution < -0.4 is 5.73 Å². The average Bonchev–Trinajstić information content (AvgIpc) is 2.31. The van der Waals surface area contributed by atoms with E-state index in [1.165, 1.54) is 11.3 Å².